The molecule has 3 aromatic carbocycles. The lowest BCUT2D eigenvalue weighted by Crippen LogP contribution is -2.21. The van der Waals surface area contributed by atoms with Crippen LogP contribution >= 0.6 is 11.6 Å². The normalized spacial score (nSPS) is 11.9. The van der Waals surface area contributed by atoms with E-state index in [1.807, 2.05) is 25.1 Å². The lowest BCUT2D eigenvalue weighted by atomic mass is 10.0. The zero-order valence-electron chi connectivity index (χ0n) is 18.0. The van der Waals surface area contributed by atoms with E-state index in [0.29, 0.717) is 29.7 Å². The highest BCUT2D eigenvalue weighted by molar-refractivity contribution is 6.32. The maximum absolute atomic E-state index is 13.1. The summed E-state index contributed by atoms with van der Waals surface area (Å²) in [6, 6.07) is 20.8. The van der Waals surface area contributed by atoms with E-state index in [-0.39, 0.29) is 18.5 Å². The second-order valence-corrected chi connectivity index (χ2v) is 7.79. The molecule has 0 aromatic heterocycles. The largest absolute Gasteiger partial charge is 0.490 e. The quantitative estimate of drug-likeness (QED) is 0.344. The van der Waals surface area contributed by atoms with Gasteiger partial charge in [0.25, 0.3) is 0 Å². The molecule has 164 valence electrons. The first-order valence-electron chi connectivity index (χ1n) is 10.7. The minimum Gasteiger partial charge on any atom is -0.490 e. The van der Waals surface area contributed by atoms with Gasteiger partial charge in [-0.3, -0.25) is 0 Å². The van der Waals surface area contributed by atoms with Crippen LogP contribution in [-0.4, -0.2) is 6.61 Å². The first kappa shape index (κ1) is 23.1. The van der Waals surface area contributed by atoms with Gasteiger partial charge in [-0.05, 0) is 54.3 Å². The zero-order valence-corrected chi connectivity index (χ0v) is 18.8. The summed E-state index contributed by atoms with van der Waals surface area (Å²) in [6.07, 6.45) is 2.14. The molecule has 0 saturated carbocycles. The summed E-state index contributed by atoms with van der Waals surface area (Å²) in [6.45, 7) is 5.56. The third-order valence-corrected chi connectivity index (χ3v) is 5.28. The second-order valence-electron chi connectivity index (χ2n) is 7.39. The Balaban J connectivity index is 1.73. The van der Waals surface area contributed by atoms with Crippen LogP contribution in [-0.2, 0) is 13.2 Å². The predicted molar refractivity (Wildman–Crippen MR) is 124 cm³/mol. The van der Waals surface area contributed by atoms with Crippen molar-refractivity contribution in [3.05, 3.63) is 94.3 Å². The summed E-state index contributed by atoms with van der Waals surface area (Å²) >= 11 is 6.56. The number of rotatable bonds is 11. The third kappa shape index (κ3) is 6.71. The number of ether oxygens (including phenoxy) is 2. The van der Waals surface area contributed by atoms with Gasteiger partial charge in [-0.2, -0.15) is 0 Å². The van der Waals surface area contributed by atoms with Crippen molar-refractivity contribution in [1.82, 2.24) is 5.32 Å². The molecular formula is C26H29ClFNO2. The number of benzene rings is 3. The standard InChI is InChI=1S/C26H29ClFNO2/c1-3-8-24(21-9-6-5-7-10-21)29-17-20-15-23(27)26(25(16-20)30-4-2)31-18-19-11-13-22(28)14-12-19/h5-7,9-16,24,29H,3-4,8,17-18H2,1-2H3. The van der Waals surface area contributed by atoms with E-state index in [1.54, 1.807) is 12.1 Å². The fourth-order valence-corrected chi connectivity index (χ4v) is 3.75. The van der Waals surface area contributed by atoms with E-state index in [9.17, 15) is 4.39 Å². The van der Waals surface area contributed by atoms with Crippen molar-refractivity contribution in [3.63, 3.8) is 0 Å². The van der Waals surface area contributed by atoms with E-state index >= 15 is 0 Å². The average Bonchev–Trinajstić information content (AvgIpc) is 2.78. The van der Waals surface area contributed by atoms with Crippen LogP contribution in [0.25, 0.3) is 0 Å². The Kier molecular flexibility index (Phi) is 8.74. The maximum atomic E-state index is 13.1. The molecule has 1 atom stereocenters. The van der Waals surface area contributed by atoms with Gasteiger partial charge in [0.15, 0.2) is 11.5 Å². The summed E-state index contributed by atoms with van der Waals surface area (Å²) in [5, 5.41) is 4.14. The van der Waals surface area contributed by atoms with Crippen molar-refractivity contribution >= 4 is 11.6 Å². The highest BCUT2D eigenvalue weighted by Gasteiger charge is 2.15. The van der Waals surface area contributed by atoms with Gasteiger partial charge in [0, 0.05) is 12.6 Å². The third-order valence-electron chi connectivity index (χ3n) is 5.00. The second kappa shape index (κ2) is 11.7. The van der Waals surface area contributed by atoms with Gasteiger partial charge in [0.1, 0.15) is 12.4 Å². The molecule has 0 saturated heterocycles. The molecule has 0 bridgehead atoms. The molecule has 0 fully saturated rings. The summed E-state index contributed by atoms with van der Waals surface area (Å²) in [7, 11) is 0. The van der Waals surface area contributed by atoms with E-state index in [2.05, 4.69) is 36.5 Å². The van der Waals surface area contributed by atoms with Gasteiger partial charge in [-0.1, -0.05) is 67.4 Å². The van der Waals surface area contributed by atoms with E-state index in [1.165, 1.54) is 17.7 Å². The minimum absolute atomic E-state index is 0.273. The van der Waals surface area contributed by atoms with Crippen LogP contribution in [0, 0.1) is 5.82 Å². The van der Waals surface area contributed by atoms with Crippen LogP contribution in [0.2, 0.25) is 5.02 Å². The lowest BCUT2D eigenvalue weighted by Gasteiger charge is -2.20. The van der Waals surface area contributed by atoms with Crippen LogP contribution < -0.4 is 14.8 Å². The van der Waals surface area contributed by atoms with Crippen molar-refractivity contribution in [2.75, 3.05) is 6.61 Å². The summed E-state index contributed by atoms with van der Waals surface area (Å²) < 4.78 is 24.9. The van der Waals surface area contributed by atoms with Gasteiger partial charge in [0.2, 0.25) is 0 Å². The Hall–Kier alpha value is -2.56. The Morgan fingerprint density at radius 3 is 2.35 bits per heavy atom. The number of hydrogen-bond acceptors (Lipinski definition) is 3. The molecule has 3 nitrogen and oxygen atoms in total. The van der Waals surface area contributed by atoms with E-state index in [0.717, 1.165) is 24.0 Å². The molecule has 0 heterocycles. The highest BCUT2D eigenvalue weighted by atomic mass is 35.5. The monoisotopic (exact) mass is 441 g/mol. The van der Waals surface area contributed by atoms with Crippen LogP contribution in [0.3, 0.4) is 0 Å². The molecule has 1 N–H and O–H groups in total. The van der Waals surface area contributed by atoms with E-state index < -0.39 is 0 Å². The summed E-state index contributed by atoms with van der Waals surface area (Å²) in [5.74, 6) is 0.843. The Bertz CT molecular complexity index is 948. The molecule has 0 aliphatic rings. The van der Waals surface area contributed by atoms with Crippen LogP contribution in [0.1, 0.15) is 49.4 Å². The topological polar surface area (TPSA) is 30.5 Å². The van der Waals surface area contributed by atoms with Crippen molar-refractivity contribution in [3.8, 4) is 11.5 Å². The molecule has 1 unspecified atom stereocenters. The Labute approximate surface area is 189 Å². The molecule has 0 aliphatic heterocycles. The molecule has 0 aliphatic carbocycles. The van der Waals surface area contributed by atoms with Gasteiger partial charge in [0.05, 0.1) is 11.6 Å². The van der Waals surface area contributed by atoms with Crippen LogP contribution in [0.4, 0.5) is 4.39 Å². The van der Waals surface area contributed by atoms with Gasteiger partial charge in [-0.15, -0.1) is 0 Å². The van der Waals surface area contributed by atoms with Crippen molar-refractivity contribution < 1.29 is 13.9 Å². The van der Waals surface area contributed by atoms with Gasteiger partial charge >= 0.3 is 0 Å². The summed E-state index contributed by atoms with van der Waals surface area (Å²) in [5.41, 5.74) is 3.16. The lowest BCUT2D eigenvalue weighted by molar-refractivity contribution is 0.269. The number of nitrogens with one attached hydrogen (secondary N) is 1. The zero-order chi connectivity index (χ0) is 22.1. The van der Waals surface area contributed by atoms with E-state index in [4.69, 9.17) is 21.1 Å². The highest BCUT2D eigenvalue weighted by Crippen LogP contribution is 2.37. The summed E-state index contributed by atoms with van der Waals surface area (Å²) in [4.78, 5) is 0. The fraction of sp³-hybridized carbons (Fsp3) is 0.308. The number of halogens is 2. The smallest absolute Gasteiger partial charge is 0.180 e. The fourth-order valence-electron chi connectivity index (χ4n) is 3.46. The van der Waals surface area contributed by atoms with Gasteiger partial charge in [-0.25, -0.2) is 4.39 Å². The Morgan fingerprint density at radius 2 is 1.68 bits per heavy atom. The van der Waals surface area contributed by atoms with Crippen molar-refractivity contribution in [2.45, 2.75) is 45.9 Å². The SMILES string of the molecule is CCCC(NCc1cc(Cl)c(OCc2ccc(F)cc2)c(OCC)c1)c1ccccc1. The van der Waals surface area contributed by atoms with Crippen molar-refractivity contribution in [1.29, 1.82) is 0 Å². The van der Waals surface area contributed by atoms with Crippen LogP contribution in [0.15, 0.2) is 66.7 Å². The molecule has 0 spiro atoms. The first-order chi connectivity index (χ1) is 15.1. The maximum Gasteiger partial charge on any atom is 0.180 e. The molecule has 0 radical (unpaired) electrons. The molecule has 31 heavy (non-hydrogen) atoms. The first-order valence-corrected chi connectivity index (χ1v) is 11.1. The molecule has 5 heteroatoms. The number of hydrogen-bond donors (Lipinski definition) is 1. The molecule has 3 rings (SSSR count). The molecule has 3 aromatic rings. The average molecular weight is 442 g/mol. The van der Waals surface area contributed by atoms with Gasteiger partial charge < -0.3 is 14.8 Å². The van der Waals surface area contributed by atoms with Crippen molar-refractivity contribution in [2.24, 2.45) is 0 Å². The minimum atomic E-state index is -0.273. The predicted octanol–water partition coefficient (Wildman–Crippen LogP) is 7.09. The molecular weight excluding hydrogens is 413 g/mol. The van der Waals surface area contributed by atoms with Crippen LogP contribution in [0.5, 0.6) is 11.5 Å². The Morgan fingerprint density at radius 1 is 0.935 bits per heavy atom. The molecule has 0 amide bonds.